The fraction of sp³-hybridized carbons (Fsp3) is 0.235. The van der Waals surface area contributed by atoms with Gasteiger partial charge in [0.2, 0.25) is 0 Å². The molecule has 0 saturated heterocycles. The first-order valence-electron chi connectivity index (χ1n) is 7.30. The number of aliphatic hydroxyl groups excluding tert-OH is 1. The van der Waals surface area contributed by atoms with Gasteiger partial charge in [0, 0.05) is 31.0 Å². The molecule has 0 fully saturated rings. The highest BCUT2D eigenvalue weighted by molar-refractivity contribution is 6.37. The molecule has 25 heavy (non-hydrogen) atoms. The molecule has 0 bridgehead atoms. The van der Waals surface area contributed by atoms with Crippen molar-refractivity contribution in [2.45, 2.75) is 6.42 Å². The molecule has 0 atom stereocenters. The van der Waals surface area contributed by atoms with E-state index in [1.165, 1.54) is 19.5 Å². The van der Waals surface area contributed by atoms with Crippen LogP contribution in [0.1, 0.15) is 17.7 Å². The van der Waals surface area contributed by atoms with Crippen LogP contribution in [-0.2, 0) is 0 Å². The number of hydrogen-bond acceptors (Lipinski definition) is 6. The first-order chi connectivity index (χ1) is 12.1. The van der Waals surface area contributed by atoms with Gasteiger partial charge in [-0.05, 0) is 18.2 Å². The summed E-state index contributed by atoms with van der Waals surface area (Å²) in [5, 5.41) is 19.0. The van der Waals surface area contributed by atoms with Gasteiger partial charge in [0.1, 0.15) is 6.07 Å². The molecule has 2 rings (SSSR count). The van der Waals surface area contributed by atoms with Crippen LogP contribution in [0, 0.1) is 11.3 Å². The minimum Gasteiger partial charge on any atom is -0.491 e. The zero-order chi connectivity index (χ0) is 18.2. The monoisotopic (exact) mass is 379 g/mol. The van der Waals surface area contributed by atoms with Crippen molar-refractivity contribution in [1.82, 2.24) is 9.97 Å². The zero-order valence-electron chi connectivity index (χ0n) is 13.4. The molecule has 2 aromatic heterocycles. The lowest BCUT2D eigenvalue weighted by molar-refractivity contribution is 0.223. The number of hydrogen-bond donors (Lipinski definition) is 1. The fourth-order valence-electron chi connectivity index (χ4n) is 1.94. The van der Waals surface area contributed by atoms with E-state index in [1.54, 1.807) is 18.2 Å². The van der Waals surface area contributed by atoms with Gasteiger partial charge >= 0.3 is 0 Å². The van der Waals surface area contributed by atoms with Crippen LogP contribution in [-0.4, -0.2) is 35.4 Å². The molecule has 0 amide bonds. The van der Waals surface area contributed by atoms with Crippen LogP contribution in [0.5, 0.6) is 11.6 Å². The molecular formula is C17H15Cl2N3O3. The third-order valence-electron chi connectivity index (χ3n) is 3.16. The Hall–Kier alpha value is -2.33. The quantitative estimate of drug-likeness (QED) is 0.583. The predicted octanol–water partition coefficient (Wildman–Crippen LogP) is 3.62. The second kappa shape index (κ2) is 9.23. The van der Waals surface area contributed by atoms with Crippen LogP contribution < -0.4 is 9.47 Å². The first-order valence-corrected chi connectivity index (χ1v) is 8.06. The maximum Gasteiger partial charge on any atom is 0.257 e. The molecular weight excluding hydrogens is 365 g/mol. The van der Waals surface area contributed by atoms with Crippen LogP contribution in [0.15, 0.2) is 24.5 Å². The molecule has 2 aromatic rings. The Bertz CT molecular complexity index is 799. The number of rotatable bonds is 7. The topological polar surface area (TPSA) is 88.3 Å². The summed E-state index contributed by atoms with van der Waals surface area (Å²) >= 11 is 12.2. The van der Waals surface area contributed by atoms with Crippen LogP contribution in [0.2, 0.25) is 10.0 Å². The SMILES string of the molecule is COc1ccc(C(C#N)=Cc2c(Cl)cncc2Cl)nc1OCCCO. The first kappa shape index (κ1) is 19.0. The Balaban J connectivity index is 2.42. The predicted molar refractivity (Wildman–Crippen MR) is 95.7 cm³/mol. The molecule has 0 aliphatic carbocycles. The molecule has 0 aliphatic heterocycles. The van der Waals surface area contributed by atoms with Crippen molar-refractivity contribution in [2.75, 3.05) is 20.3 Å². The van der Waals surface area contributed by atoms with E-state index < -0.39 is 0 Å². The minimum atomic E-state index is 0.00436. The van der Waals surface area contributed by atoms with Gasteiger partial charge in [-0.25, -0.2) is 4.98 Å². The van der Waals surface area contributed by atoms with Crippen molar-refractivity contribution in [2.24, 2.45) is 0 Å². The Kier molecular flexibility index (Phi) is 7.02. The van der Waals surface area contributed by atoms with Gasteiger partial charge in [0.05, 0.1) is 35.0 Å². The summed E-state index contributed by atoms with van der Waals surface area (Å²) in [6.07, 6.45) is 4.88. The number of nitrogens with zero attached hydrogens (tertiary/aromatic N) is 3. The number of pyridine rings is 2. The van der Waals surface area contributed by atoms with Crippen molar-refractivity contribution in [3.63, 3.8) is 0 Å². The van der Waals surface area contributed by atoms with Crippen molar-refractivity contribution in [3.8, 4) is 17.7 Å². The summed E-state index contributed by atoms with van der Waals surface area (Å²) in [7, 11) is 1.49. The van der Waals surface area contributed by atoms with E-state index in [0.29, 0.717) is 33.5 Å². The smallest absolute Gasteiger partial charge is 0.257 e. The lowest BCUT2D eigenvalue weighted by Gasteiger charge is -2.10. The molecule has 0 saturated carbocycles. The lowest BCUT2D eigenvalue weighted by atomic mass is 10.1. The molecule has 2 heterocycles. The highest BCUT2D eigenvalue weighted by atomic mass is 35.5. The molecule has 0 unspecified atom stereocenters. The van der Waals surface area contributed by atoms with Crippen LogP contribution in [0.25, 0.3) is 11.6 Å². The number of ether oxygens (including phenoxy) is 2. The molecule has 8 heteroatoms. The number of halogens is 2. The summed E-state index contributed by atoms with van der Waals surface area (Å²) < 4.78 is 10.7. The fourth-order valence-corrected chi connectivity index (χ4v) is 2.41. The molecule has 130 valence electrons. The van der Waals surface area contributed by atoms with Gasteiger partial charge in [-0.3, -0.25) is 4.98 Å². The second-order valence-electron chi connectivity index (χ2n) is 4.82. The summed E-state index contributed by atoms with van der Waals surface area (Å²) in [5.41, 5.74) is 1.12. The normalized spacial score (nSPS) is 11.1. The largest absolute Gasteiger partial charge is 0.491 e. The number of aromatic nitrogens is 2. The van der Waals surface area contributed by atoms with Crippen molar-refractivity contribution in [3.05, 3.63) is 45.8 Å². The van der Waals surface area contributed by atoms with Crippen LogP contribution >= 0.6 is 23.2 Å². The Morgan fingerprint density at radius 3 is 2.64 bits per heavy atom. The van der Waals surface area contributed by atoms with Gasteiger partial charge in [0.15, 0.2) is 5.75 Å². The minimum absolute atomic E-state index is 0.00436. The van der Waals surface area contributed by atoms with Gasteiger partial charge in [0.25, 0.3) is 5.88 Å². The van der Waals surface area contributed by atoms with E-state index in [9.17, 15) is 5.26 Å². The number of nitriles is 1. The van der Waals surface area contributed by atoms with E-state index in [-0.39, 0.29) is 24.7 Å². The molecule has 0 radical (unpaired) electrons. The highest BCUT2D eigenvalue weighted by Crippen LogP contribution is 2.30. The molecule has 0 aromatic carbocycles. The van der Waals surface area contributed by atoms with E-state index in [0.717, 1.165) is 0 Å². The second-order valence-corrected chi connectivity index (χ2v) is 5.63. The third kappa shape index (κ3) is 4.83. The van der Waals surface area contributed by atoms with Gasteiger partial charge in [-0.2, -0.15) is 5.26 Å². The van der Waals surface area contributed by atoms with Crippen molar-refractivity contribution < 1.29 is 14.6 Å². The molecule has 0 aliphatic rings. The van der Waals surface area contributed by atoms with E-state index in [1.807, 2.05) is 0 Å². The van der Waals surface area contributed by atoms with E-state index in [2.05, 4.69) is 16.0 Å². The Labute approximate surface area is 155 Å². The van der Waals surface area contributed by atoms with Gasteiger partial charge in [-0.1, -0.05) is 23.2 Å². The molecule has 6 nitrogen and oxygen atoms in total. The highest BCUT2D eigenvalue weighted by Gasteiger charge is 2.13. The average molecular weight is 380 g/mol. The van der Waals surface area contributed by atoms with E-state index in [4.69, 9.17) is 37.8 Å². The van der Waals surface area contributed by atoms with Gasteiger partial charge < -0.3 is 14.6 Å². The van der Waals surface area contributed by atoms with Crippen LogP contribution in [0.3, 0.4) is 0 Å². The number of methoxy groups -OCH3 is 1. The van der Waals surface area contributed by atoms with Gasteiger partial charge in [-0.15, -0.1) is 0 Å². The van der Waals surface area contributed by atoms with Crippen LogP contribution in [0.4, 0.5) is 0 Å². The zero-order valence-corrected chi connectivity index (χ0v) is 14.9. The maximum absolute atomic E-state index is 9.49. The number of allylic oxidation sites excluding steroid dienone is 1. The van der Waals surface area contributed by atoms with Crippen molar-refractivity contribution >= 4 is 34.9 Å². The van der Waals surface area contributed by atoms with E-state index >= 15 is 0 Å². The van der Waals surface area contributed by atoms with Crippen molar-refractivity contribution in [1.29, 1.82) is 5.26 Å². The summed E-state index contributed by atoms with van der Waals surface area (Å²) in [4.78, 5) is 8.20. The summed E-state index contributed by atoms with van der Waals surface area (Å²) in [6, 6.07) is 5.36. The number of aliphatic hydroxyl groups is 1. The summed E-state index contributed by atoms with van der Waals surface area (Å²) in [6.45, 7) is 0.279. The molecule has 0 spiro atoms. The lowest BCUT2D eigenvalue weighted by Crippen LogP contribution is -2.04. The average Bonchev–Trinajstić information content (AvgIpc) is 2.62. The molecule has 1 N–H and O–H groups in total. The third-order valence-corrected chi connectivity index (χ3v) is 3.76. The standard InChI is InChI=1S/C17H15Cl2N3O3/c1-24-16-4-3-15(22-17(16)25-6-2-5-23)11(8-20)7-12-13(18)9-21-10-14(12)19/h3-4,7,9-10,23H,2,5-6H2,1H3. The maximum atomic E-state index is 9.49. The Morgan fingerprint density at radius 1 is 1.32 bits per heavy atom. The summed E-state index contributed by atoms with van der Waals surface area (Å²) in [5.74, 6) is 0.667. The Morgan fingerprint density at radius 2 is 2.04 bits per heavy atom.